The minimum Gasteiger partial charge on any atom is -0.443 e. The molecule has 0 saturated carbocycles. The van der Waals surface area contributed by atoms with Gasteiger partial charge in [0.25, 0.3) is 5.91 Å². The number of carbonyl (C=O) groups is 2. The van der Waals surface area contributed by atoms with Crippen LogP contribution in [-0.2, 0) is 4.79 Å². The van der Waals surface area contributed by atoms with Gasteiger partial charge in [0.1, 0.15) is 11.1 Å². The fraction of sp³-hybridized carbons (Fsp3) is 0.400. The maximum absolute atomic E-state index is 12.7. The van der Waals surface area contributed by atoms with Crippen molar-refractivity contribution in [2.45, 2.75) is 18.4 Å². The number of anilines is 1. The van der Waals surface area contributed by atoms with Gasteiger partial charge >= 0.3 is 6.03 Å². The predicted octanol–water partition coefficient (Wildman–Crippen LogP) is 1.35. The first-order valence-corrected chi connectivity index (χ1v) is 7.30. The van der Waals surface area contributed by atoms with E-state index in [0.29, 0.717) is 29.6 Å². The zero-order valence-electron chi connectivity index (χ0n) is 12.2. The molecule has 7 nitrogen and oxygen atoms in total. The zero-order valence-corrected chi connectivity index (χ0v) is 12.2. The number of nitrogens with zero attached hydrogens (tertiary/aromatic N) is 3. The SMILES string of the molecule is CN1C(=O)N(c2ccc3ocnc3c2)C2(CCNCC2)C1=O. The summed E-state index contributed by atoms with van der Waals surface area (Å²) >= 11 is 0. The number of benzene rings is 1. The van der Waals surface area contributed by atoms with Gasteiger partial charge in [-0.1, -0.05) is 0 Å². The summed E-state index contributed by atoms with van der Waals surface area (Å²) in [6.45, 7) is 1.44. The Kier molecular flexibility index (Phi) is 2.74. The van der Waals surface area contributed by atoms with Gasteiger partial charge in [0, 0.05) is 12.7 Å². The molecule has 1 aromatic heterocycles. The Morgan fingerprint density at radius 2 is 2.05 bits per heavy atom. The lowest BCUT2D eigenvalue weighted by molar-refractivity contribution is -0.130. The highest BCUT2D eigenvalue weighted by Gasteiger charge is 2.56. The second kappa shape index (κ2) is 4.54. The van der Waals surface area contributed by atoms with Crippen molar-refractivity contribution in [2.24, 2.45) is 0 Å². The fourth-order valence-electron chi connectivity index (χ4n) is 3.45. The quantitative estimate of drug-likeness (QED) is 0.804. The van der Waals surface area contributed by atoms with Gasteiger partial charge in [-0.2, -0.15) is 0 Å². The third kappa shape index (κ3) is 1.62. The fourth-order valence-corrected chi connectivity index (χ4v) is 3.45. The summed E-state index contributed by atoms with van der Waals surface area (Å²) in [6, 6.07) is 5.10. The molecule has 1 aromatic carbocycles. The van der Waals surface area contributed by atoms with Gasteiger partial charge in [-0.15, -0.1) is 0 Å². The number of imide groups is 1. The molecule has 7 heteroatoms. The third-order valence-electron chi connectivity index (χ3n) is 4.61. The zero-order chi connectivity index (χ0) is 15.3. The molecule has 0 aliphatic carbocycles. The number of aromatic nitrogens is 1. The number of nitrogens with one attached hydrogen (secondary N) is 1. The Hall–Kier alpha value is -2.41. The molecular formula is C15H16N4O3. The summed E-state index contributed by atoms with van der Waals surface area (Å²) in [4.78, 5) is 32.3. The highest BCUT2D eigenvalue weighted by atomic mass is 16.3. The molecule has 3 amide bonds. The van der Waals surface area contributed by atoms with Crippen LogP contribution in [0.15, 0.2) is 29.0 Å². The summed E-state index contributed by atoms with van der Waals surface area (Å²) < 4.78 is 5.24. The topological polar surface area (TPSA) is 78.7 Å². The number of urea groups is 1. The molecule has 3 heterocycles. The van der Waals surface area contributed by atoms with Crippen LogP contribution in [0.4, 0.5) is 10.5 Å². The van der Waals surface area contributed by atoms with Crippen molar-refractivity contribution in [2.75, 3.05) is 25.0 Å². The summed E-state index contributed by atoms with van der Waals surface area (Å²) in [5.74, 6) is -0.126. The number of amides is 3. The monoisotopic (exact) mass is 300 g/mol. The van der Waals surface area contributed by atoms with Crippen LogP contribution in [0.3, 0.4) is 0 Å². The number of likely N-dealkylation sites (N-methyl/N-ethyl adjacent to an activating group) is 1. The van der Waals surface area contributed by atoms with E-state index in [9.17, 15) is 9.59 Å². The van der Waals surface area contributed by atoms with E-state index in [2.05, 4.69) is 10.3 Å². The number of piperidine rings is 1. The molecule has 0 atom stereocenters. The molecule has 2 fully saturated rings. The van der Waals surface area contributed by atoms with Gasteiger partial charge in [0.15, 0.2) is 12.0 Å². The van der Waals surface area contributed by atoms with E-state index >= 15 is 0 Å². The van der Waals surface area contributed by atoms with Crippen LogP contribution in [0.1, 0.15) is 12.8 Å². The molecular weight excluding hydrogens is 284 g/mol. The van der Waals surface area contributed by atoms with E-state index in [4.69, 9.17) is 4.42 Å². The lowest BCUT2D eigenvalue weighted by Crippen LogP contribution is -2.56. The number of fused-ring (bicyclic) bond motifs is 1. The predicted molar refractivity (Wildman–Crippen MR) is 79.5 cm³/mol. The molecule has 1 N–H and O–H groups in total. The first-order chi connectivity index (χ1) is 10.6. The van der Waals surface area contributed by atoms with Crippen molar-refractivity contribution >= 4 is 28.7 Å². The van der Waals surface area contributed by atoms with Crippen molar-refractivity contribution in [1.82, 2.24) is 15.2 Å². The molecule has 2 aliphatic heterocycles. The van der Waals surface area contributed by atoms with Gasteiger partial charge in [0.2, 0.25) is 0 Å². The summed E-state index contributed by atoms with van der Waals surface area (Å²) in [7, 11) is 1.54. The molecule has 2 aromatic rings. The van der Waals surface area contributed by atoms with Crippen LogP contribution in [0.5, 0.6) is 0 Å². The van der Waals surface area contributed by atoms with Gasteiger partial charge in [-0.3, -0.25) is 14.6 Å². The van der Waals surface area contributed by atoms with E-state index in [-0.39, 0.29) is 11.9 Å². The number of rotatable bonds is 1. The van der Waals surface area contributed by atoms with Crippen LogP contribution in [-0.4, -0.2) is 47.5 Å². The summed E-state index contributed by atoms with van der Waals surface area (Å²) in [6.07, 6.45) is 2.59. The minimum atomic E-state index is -0.783. The summed E-state index contributed by atoms with van der Waals surface area (Å²) in [5, 5.41) is 3.25. The van der Waals surface area contributed by atoms with Crippen LogP contribution in [0.25, 0.3) is 11.1 Å². The van der Waals surface area contributed by atoms with E-state index in [1.807, 2.05) is 6.07 Å². The minimum absolute atomic E-state index is 0.126. The van der Waals surface area contributed by atoms with Crippen molar-refractivity contribution < 1.29 is 14.0 Å². The average molecular weight is 300 g/mol. The van der Waals surface area contributed by atoms with Crippen molar-refractivity contribution in [1.29, 1.82) is 0 Å². The Bertz CT molecular complexity index is 763. The third-order valence-corrected chi connectivity index (χ3v) is 4.61. The Morgan fingerprint density at radius 3 is 2.82 bits per heavy atom. The highest BCUT2D eigenvalue weighted by Crippen LogP contribution is 2.39. The van der Waals surface area contributed by atoms with E-state index in [1.165, 1.54) is 11.3 Å². The van der Waals surface area contributed by atoms with Crippen LogP contribution in [0.2, 0.25) is 0 Å². The molecule has 2 saturated heterocycles. The maximum atomic E-state index is 12.7. The maximum Gasteiger partial charge on any atom is 0.331 e. The molecule has 0 bridgehead atoms. The number of hydrogen-bond acceptors (Lipinski definition) is 5. The molecule has 0 unspecified atom stereocenters. The van der Waals surface area contributed by atoms with Crippen molar-refractivity contribution in [3.05, 3.63) is 24.6 Å². The molecule has 2 aliphatic rings. The standard InChI is InChI=1S/C15H16N4O3/c1-18-13(20)15(4-6-16-7-5-15)19(14(18)21)10-2-3-12-11(8-10)17-9-22-12/h2-3,8-9,16H,4-7H2,1H3. The second-order valence-corrected chi connectivity index (χ2v) is 5.77. The van der Waals surface area contributed by atoms with Crippen molar-refractivity contribution in [3.8, 4) is 0 Å². The van der Waals surface area contributed by atoms with Crippen LogP contribution >= 0.6 is 0 Å². The lowest BCUT2D eigenvalue weighted by Gasteiger charge is -2.38. The smallest absolute Gasteiger partial charge is 0.331 e. The first kappa shape index (κ1) is 13.3. The molecule has 0 radical (unpaired) electrons. The van der Waals surface area contributed by atoms with E-state index in [1.54, 1.807) is 24.1 Å². The second-order valence-electron chi connectivity index (χ2n) is 5.77. The van der Waals surface area contributed by atoms with Crippen molar-refractivity contribution in [3.63, 3.8) is 0 Å². The molecule has 22 heavy (non-hydrogen) atoms. The normalized spacial score (nSPS) is 21.3. The van der Waals surface area contributed by atoms with Gasteiger partial charge in [-0.25, -0.2) is 9.78 Å². The largest absolute Gasteiger partial charge is 0.443 e. The number of oxazole rings is 1. The molecule has 114 valence electrons. The van der Waals surface area contributed by atoms with E-state index in [0.717, 1.165) is 13.1 Å². The number of hydrogen-bond donors (Lipinski definition) is 1. The highest BCUT2D eigenvalue weighted by molar-refractivity contribution is 6.17. The van der Waals surface area contributed by atoms with Gasteiger partial charge in [-0.05, 0) is 44.1 Å². The first-order valence-electron chi connectivity index (χ1n) is 7.30. The van der Waals surface area contributed by atoms with Gasteiger partial charge in [0.05, 0.1) is 0 Å². The van der Waals surface area contributed by atoms with Gasteiger partial charge < -0.3 is 9.73 Å². The number of carbonyl (C=O) groups excluding carboxylic acids is 2. The summed E-state index contributed by atoms with van der Waals surface area (Å²) in [5.41, 5.74) is 1.24. The Balaban J connectivity index is 1.85. The Labute approximate surface area is 126 Å². The lowest BCUT2D eigenvalue weighted by atomic mass is 9.86. The molecule has 4 rings (SSSR count). The van der Waals surface area contributed by atoms with Crippen LogP contribution < -0.4 is 10.2 Å². The Morgan fingerprint density at radius 1 is 1.27 bits per heavy atom. The van der Waals surface area contributed by atoms with Crippen LogP contribution in [0, 0.1) is 0 Å². The average Bonchev–Trinajstić information content (AvgIpc) is 3.07. The molecule has 1 spiro atoms. The van der Waals surface area contributed by atoms with E-state index < -0.39 is 5.54 Å².